The zero-order valence-corrected chi connectivity index (χ0v) is 12.4. The average molecular weight is 257 g/mol. The van der Waals surface area contributed by atoms with Gasteiger partial charge in [-0.15, -0.1) is 0 Å². The molecule has 108 valence electrons. The fourth-order valence-corrected chi connectivity index (χ4v) is 2.21. The molecule has 1 amide bonds. The van der Waals surface area contributed by atoms with Crippen LogP contribution in [-0.2, 0) is 4.79 Å². The summed E-state index contributed by atoms with van der Waals surface area (Å²) in [5.41, 5.74) is 5.60. The summed E-state index contributed by atoms with van der Waals surface area (Å²) < 4.78 is 0. The number of amides is 1. The predicted octanol–water partition coefficient (Wildman–Crippen LogP) is 1.60. The second-order valence-electron chi connectivity index (χ2n) is 5.04. The highest BCUT2D eigenvalue weighted by atomic mass is 16.2. The lowest BCUT2D eigenvalue weighted by molar-refractivity contribution is -0.130. The second-order valence-corrected chi connectivity index (χ2v) is 5.04. The van der Waals surface area contributed by atoms with Crippen molar-refractivity contribution in [2.45, 2.75) is 45.4 Å². The van der Waals surface area contributed by atoms with Crippen molar-refractivity contribution in [2.75, 3.05) is 33.7 Å². The van der Waals surface area contributed by atoms with E-state index < -0.39 is 0 Å². The van der Waals surface area contributed by atoms with Gasteiger partial charge in [0, 0.05) is 20.0 Å². The Morgan fingerprint density at radius 3 is 2.61 bits per heavy atom. The Morgan fingerprint density at radius 1 is 1.33 bits per heavy atom. The molecule has 3 N–H and O–H groups in total. The second kappa shape index (κ2) is 11.5. The van der Waals surface area contributed by atoms with Gasteiger partial charge in [0.15, 0.2) is 0 Å². The van der Waals surface area contributed by atoms with Crippen molar-refractivity contribution in [1.29, 1.82) is 0 Å². The smallest absolute Gasteiger partial charge is 0.222 e. The van der Waals surface area contributed by atoms with Gasteiger partial charge >= 0.3 is 0 Å². The van der Waals surface area contributed by atoms with Gasteiger partial charge in [0.1, 0.15) is 0 Å². The Bertz CT molecular complexity index is 203. The number of nitrogens with two attached hydrogens (primary N) is 1. The third kappa shape index (κ3) is 8.48. The van der Waals surface area contributed by atoms with E-state index in [2.05, 4.69) is 12.2 Å². The van der Waals surface area contributed by atoms with Gasteiger partial charge in [-0.1, -0.05) is 19.8 Å². The van der Waals surface area contributed by atoms with Gasteiger partial charge < -0.3 is 16.0 Å². The summed E-state index contributed by atoms with van der Waals surface area (Å²) in [6, 6.07) is 0. The lowest BCUT2D eigenvalue weighted by Gasteiger charge is -2.19. The number of nitrogens with one attached hydrogen (secondary N) is 1. The van der Waals surface area contributed by atoms with Crippen molar-refractivity contribution in [3.8, 4) is 0 Å². The molecule has 0 spiro atoms. The monoisotopic (exact) mass is 257 g/mol. The van der Waals surface area contributed by atoms with Crippen molar-refractivity contribution < 1.29 is 4.79 Å². The zero-order valence-electron chi connectivity index (χ0n) is 12.4. The van der Waals surface area contributed by atoms with Gasteiger partial charge in [-0.25, -0.2) is 0 Å². The summed E-state index contributed by atoms with van der Waals surface area (Å²) in [4.78, 5) is 13.8. The Hall–Kier alpha value is -0.610. The normalized spacial score (nSPS) is 12.4. The number of nitrogens with zero attached hydrogens (tertiary/aromatic N) is 1. The summed E-state index contributed by atoms with van der Waals surface area (Å²) in [5.74, 6) is 0.888. The molecule has 0 rings (SSSR count). The van der Waals surface area contributed by atoms with Crippen LogP contribution in [-0.4, -0.2) is 44.5 Å². The molecule has 18 heavy (non-hydrogen) atoms. The number of hydrogen-bond donors (Lipinski definition) is 2. The van der Waals surface area contributed by atoms with Crippen LogP contribution < -0.4 is 11.1 Å². The van der Waals surface area contributed by atoms with Crippen LogP contribution in [0.2, 0.25) is 0 Å². The van der Waals surface area contributed by atoms with Gasteiger partial charge in [-0.05, 0) is 45.3 Å². The molecule has 0 aliphatic carbocycles. The van der Waals surface area contributed by atoms with Crippen LogP contribution in [0.5, 0.6) is 0 Å². The van der Waals surface area contributed by atoms with Crippen LogP contribution in [0.4, 0.5) is 0 Å². The molecule has 1 unspecified atom stereocenters. The van der Waals surface area contributed by atoms with Gasteiger partial charge in [0.05, 0.1) is 0 Å². The molecule has 0 bridgehead atoms. The first kappa shape index (κ1) is 17.4. The van der Waals surface area contributed by atoms with Gasteiger partial charge in [0.25, 0.3) is 0 Å². The van der Waals surface area contributed by atoms with E-state index in [0.717, 1.165) is 38.9 Å². The number of hydrogen-bond acceptors (Lipinski definition) is 3. The van der Waals surface area contributed by atoms with E-state index in [9.17, 15) is 4.79 Å². The Kier molecular flexibility index (Phi) is 11.1. The molecule has 0 aliphatic rings. The first-order valence-corrected chi connectivity index (χ1v) is 7.24. The van der Waals surface area contributed by atoms with Gasteiger partial charge in [-0.2, -0.15) is 0 Å². The molecule has 0 fully saturated rings. The third-order valence-corrected chi connectivity index (χ3v) is 3.38. The quantitative estimate of drug-likeness (QED) is 0.553. The molecule has 0 aromatic heterocycles. The van der Waals surface area contributed by atoms with E-state index in [1.54, 1.807) is 0 Å². The van der Waals surface area contributed by atoms with Crippen LogP contribution in [0.1, 0.15) is 45.4 Å². The summed E-state index contributed by atoms with van der Waals surface area (Å²) >= 11 is 0. The lowest BCUT2D eigenvalue weighted by atomic mass is 9.94. The minimum Gasteiger partial charge on any atom is -0.346 e. The molecule has 0 saturated heterocycles. The molecule has 0 radical (unpaired) electrons. The molecular weight excluding hydrogens is 226 g/mol. The number of rotatable bonds is 11. The fourth-order valence-electron chi connectivity index (χ4n) is 2.21. The molecule has 0 aliphatic heterocycles. The summed E-state index contributed by atoms with van der Waals surface area (Å²) in [7, 11) is 3.83. The van der Waals surface area contributed by atoms with E-state index in [-0.39, 0.29) is 5.91 Å². The van der Waals surface area contributed by atoms with Gasteiger partial charge in [-0.3, -0.25) is 4.79 Å². The van der Waals surface area contributed by atoms with Crippen LogP contribution in [0, 0.1) is 5.92 Å². The van der Waals surface area contributed by atoms with Crippen molar-refractivity contribution in [3.63, 3.8) is 0 Å². The maximum Gasteiger partial charge on any atom is 0.222 e. The summed E-state index contributed by atoms with van der Waals surface area (Å²) in [6.07, 6.45) is 6.08. The molecule has 4 heteroatoms. The summed E-state index contributed by atoms with van der Waals surface area (Å²) in [5, 5.41) is 3.09. The zero-order chi connectivity index (χ0) is 13.8. The minimum atomic E-state index is 0.268. The molecule has 1 atom stereocenters. The van der Waals surface area contributed by atoms with E-state index in [0.29, 0.717) is 12.3 Å². The number of carbonyl (C=O) groups is 1. The van der Waals surface area contributed by atoms with Crippen LogP contribution in [0.25, 0.3) is 0 Å². The highest BCUT2D eigenvalue weighted by Gasteiger charge is 2.12. The van der Waals surface area contributed by atoms with E-state index >= 15 is 0 Å². The first-order valence-electron chi connectivity index (χ1n) is 7.24. The average Bonchev–Trinajstić information content (AvgIpc) is 2.36. The van der Waals surface area contributed by atoms with Crippen molar-refractivity contribution in [1.82, 2.24) is 10.2 Å². The molecular formula is C14H31N3O. The fraction of sp³-hybridized carbons (Fsp3) is 0.929. The Balaban J connectivity index is 3.83. The van der Waals surface area contributed by atoms with Crippen LogP contribution >= 0.6 is 0 Å². The summed E-state index contributed by atoms with van der Waals surface area (Å²) in [6.45, 7) is 4.73. The SMILES string of the molecule is CCCC(CCN)CCC(=O)N(C)CCCNC. The molecule has 0 heterocycles. The third-order valence-electron chi connectivity index (χ3n) is 3.38. The predicted molar refractivity (Wildman–Crippen MR) is 77.5 cm³/mol. The molecule has 0 aromatic rings. The Labute approximate surface area is 112 Å². The molecule has 0 saturated carbocycles. The van der Waals surface area contributed by atoms with E-state index in [1.165, 1.54) is 12.8 Å². The van der Waals surface area contributed by atoms with Crippen molar-refractivity contribution in [2.24, 2.45) is 11.7 Å². The first-order chi connectivity index (χ1) is 8.65. The van der Waals surface area contributed by atoms with E-state index in [4.69, 9.17) is 5.73 Å². The standard InChI is InChI=1S/C14H31N3O/c1-4-6-13(9-10-15)7-8-14(18)17(3)12-5-11-16-2/h13,16H,4-12,15H2,1-3H3. The van der Waals surface area contributed by atoms with Crippen LogP contribution in [0.3, 0.4) is 0 Å². The largest absolute Gasteiger partial charge is 0.346 e. The highest BCUT2D eigenvalue weighted by Crippen LogP contribution is 2.17. The van der Waals surface area contributed by atoms with Crippen molar-refractivity contribution in [3.05, 3.63) is 0 Å². The van der Waals surface area contributed by atoms with Gasteiger partial charge in [0.2, 0.25) is 5.91 Å². The minimum absolute atomic E-state index is 0.268. The Morgan fingerprint density at radius 2 is 2.06 bits per heavy atom. The maximum absolute atomic E-state index is 11.9. The topological polar surface area (TPSA) is 58.4 Å². The highest BCUT2D eigenvalue weighted by molar-refractivity contribution is 5.75. The number of carbonyl (C=O) groups excluding carboxylic acids is 1. The maximum atomic E-state index is 11.9. The van der Waals surface area contributed by atoms with E-state index in [1.807, 2.05) is 19.0 Å². The van der Waals surface area contributed by atoms with Crippen LogP contribution in [0.15, 0.2) is 0 Å². The molecule has 4 nitrogen and oxygen atoms in total. The lowest BCUT2D eigenvalue weighted by Crippen LogP contribution is -2.29. The molecule has 0 aromatic carbocycles. The van der Waals surface area contributed by atoms with Crippen molar-refractivity contribution >= 4 is 5.91 Å².